The van der Waals surface area contributed by atoms with Crippen molar-refractivity contribution in [3.05, 3.63) is 46.7 Å². The summed E-state index contributed by atoms with van der Waals surface area (Å²) < 4.78 is 46.5. The standard InChI is InChI=1S/C14H17FN2O3S/c1-8-5-4-6-12(15)13(8)17-21(18,19)14-10(3)20-9(2)11(14)7-16/h4-6,17H,7,16H2,1-3H3. The highest BCUT2D eigenvalue weighted by atomic mass is 32.2. The molecule has 0 unspecified atom stereocenters. The molecule has 0 atom stereocenters. The van der Waals surface area contributed by atoms with Crippen molar-refractivity contribution in [3.63, 3.8) is 0 Å². The molecule has 0 saturated carbocycles. The molecule has 0 aliphatic rings. The first kappa shape index (κ1) is 15.5. The molecule has 21 heavy (non-hydrogen) atoms. The van der Waals surface area contributed by atoms with Crippen molar-refractivity contribution in [2.24, 2.45) is 5.73 Å². The molecule has 0 radical (unpaired) electrons. The summed E-state index contributed by atoms with van der Waals surface area (Å²) in [5, 5.41) is 0. The van der Waals surface area contributed by atoms with Crippen LogP contribution in [0.4, 0.5) is 10.1 Å². The molecular formula is C14H17FN2O3S. The van der Waals surface area contributed by atoms with Crippen LogP contribution in [-0.4, -0.2) is 8.42 Å². The highest BCUT2D eigenvalue weighted by Gasteiger charge is 2.27. The second-order valence-electron chi connectivity index (χ2n) is 4.76. The summed E-state index contributed by atoms with van der Waals surface area (Å²) in [5.41, 5.74) is 6.41. The van der Waals surface area contributed by atoms with E-state index in [4.69, 9.17) is 10.2 Å². The van der Waals surface area contributed by atoms with E-state index in [9.17, 15) is 12.8 Å². The quantitative estimate of drug-likeness (QED) is 0.908. The number of halogens is 1. The number of nitrogens with one attached hydrogen (secondary N) is 1. The van der Waals surface area contributed by atoms with Gasteiger partial charge < -0.3 is 10.2 Å². The number of benzene rings is 1. The van der Waals surface area contributed by atoms with Crippen LogP contribution in [-0.2, 0) is 16.6 Å². The summed E-state index contributed by atoms with van der Waals surface area (Å²) in [5.74, 6) is 0.0424. The van der Waals surface area contributed by atoms with Gasteiger partial charge in [-0.2, -0.15) is 0 Å². The second-order valence-corrected chi connectivity index (χ2v) is 6.38. The van der Waals surface area contributed by atoms with Gasteiger partial charge in [0.25, 0.3) is 10.0 Å². The molecule has 1 heterocycles. The Labute approximate surface area is 123 Å². The highest BCUT2D eigenvalue weighted by molar-refractivity contribution is 7.92. The number of hydrogen-bond donors (Lipinski definition) is 2. The van der Waals surface area contributed by atoms with Crippen molar-refractivity contribution in [2.75, 3.05) is 4.72 Å². The van der Waals surface area contributed by atoms with Crippen LogP contribution in [0.1, 0.15) is 22.6 Å². The minimum absolute atomic E-state index is 0.0230. The smallest absolute Gasteiger partial charge is 0.265 e. The number of aryl methyl sites for hydroxylation is 3. The second kappa shape index (κ2) is 5.50. The van der Waals surface area contributed by atoms with Crippen molar-refractivity contribution in [3.8, 4) is 0 Å². The fraction of sp³-hybridized carbons (Fsp3) is 0.286. The topological polar surface area (TPSA) is 85.3 Å². The molecule has 0 bridgehead atoms. The fourth-order valence-corrected chi connectivity index (χ4v) is 3.85. The lowest BCUT2D eigenvalue weighted by Crippen LogP contribution is -2.17. The Morgan fingerprint density at radius 1 is 1.24 bits per heavy atom. The van der Waals surface area contributed by atoms with Crippen LogP contribution >= 0.6 is 0 Å². The molecule has 1 aromatic heterocycles. The Kier molecular flexibility index (Phi) is 4.06. The van der Waals surface area contributed by atoms with Crippen LogP contribution in [0.3, 0.4) is 0 Å². The van der Waals surface area contributed by atoms with Crippen LogP contribution in [0.25, 0.3) is 0 Å². The number of rotatable bonds is 4. The summed E-state index contributed by atoms with van der Waals surface area (Å²) in [6.45, 7) is 4.82. The Bertz CT molecular complexity index is 762. The zero-order valence-corrected chi connectivity index (χ0v) is 12.8. The van der Waals surface area contributed by atoms with Gasteiger partial charge in [0.1, 0.15) is 22.2 Å². The molecule has 2 rings (SSSR count). The lowest BCUT2D eigenvalue weighted by atomic mass is 10.2. The van der Waals surface area contributed by atoms with Gasteiger partial charge in [-0.15, -0.1) is 0 Å². The first-order valence-corrected chi connectivity index (χ1v) is 7.83. The number of sulfonamides is 1. The van der Waals surface area contributed by atoms with Gasteiger partial charge >= 0.3 is 0 Å². The van der Waals surface area contributed by atoms with Crippen LogP contribution in [0.15, 0.2) is 27.5 Å². The summed E-state index contributed by atoms with van der Waals surface area (Å²) in [4.78, 5) is -0.0230. The minimum Gasteiger partial charge on any atom is -0.465 e. The maximum absolute atomic E-state index is 13.8. The van der Waals surface area contributed by atoms with E-state index in [0.29, 0.717) is 16.9 Å². The van der Waals surface area contributed by atoms with Gasteiger partial charge in [-0.25, -0.2) is 12.8 Å². The minimum atomic E-state index is -3.97. The monoisotopic (exact) mass is 312 g/mol. The molecule has 0 aliphatic heterocycles. The molecule has 7 heteroatoms. The van der Waals surface area contributed by atoms with Crippen molar-refractivity contribution >= 4 is 15.7 Å². The Hall–Kier alpha value is -1.86. The number of para-hydroxylation sites is 1. The largest absolute Gasteiger partial charge is 0.465 e. The molecule has 5 nitrogen and oxygen atoms in total. The summed E-state index contributed by atoms with van der Waals surface area (Å²) in [6, 6.07) is 4.33. The molecule has 0 saturated heterocycles. The first-order valence-electron chi connectivity index (χ1n) is 6.34. The van der Waals surface area contributed by atoms with Crippen molar-refractivity contribution < 1.29 is 17.2 Å². The predicted molar refractivity (Wildman–Crippen MR) is 78.0 cm³/mol. The van der Waals surface area contributed by atoms with E-state index < -0.39 is 15.8 Å². The van der Waals surface area contributed by atoms with Crippen LogP contribution in [0.5, 0.6) is 0 Å². The van der Waals surface area contributed by atoms with E-state index >= 15 is 0 Å². The van der Waals surface area contributed by atoms with Crippen molar-refractivity contribution in [2.45, 2.75) is 32.2 Å². The van der Waals surface area contributed by atoms with Crippen molar-refractivity contribution in [1.82, 2.24) is 0 Å². The fourth-order valence-electron chi connectivity index (χ4n) is 2.24. The third kappa shape index (κ3) is 2.79. The molecule has 0 fully saturated rings. The summed E-state index contributed by atoms with van der Waals surface area (Å²) in [7, 11) is -3.97. The molecule has 0 amide bonds. The molecule has 1 aromatic carbocycles. The van der Waals surface area contributed by atoms with E-state index in [1.165, 1.54) is 19.1 Å². The molecule has 0 spiro atoms. The van der Waals surface area contributed by atoms with Crippen LogP contribution in [0, 0.1) is 26.6 Å². The predicted octanol–water partition coefficient (Wildman–Crippen LogP) is 2.60. The van der Waals surface area contributed by atoms with Crippen molar-refractivity contribution in [1.29, 1.82) is 0 Å². The molecular weight excluding hydrogens is 295 g/mol. The van der Waals surface area contributed by atoms with Gasteiger partial charge in [0.15, 0.2) is 0 Å². The Morgan fingerprint density at radius 2 is 1.90 bits per heavy atom. The van der Waals surface area contributed by atoms with Gasteiger partial charge in [0, 0.05) is 12.1 Å². The Morgan fingerprint density at radius 3 is 2.48 bits per heavy atom. The SMILES string of the molecule is Cc1cccc(F)c1NS(=O)(=O)c1c(C)oc(C)c1CN. The third-order valence-electron chi connectivity index (χ3n) is 3.26. The Balaban J connectivity index is 2.54. The number of furan rings is 1. The van der Waals surface area contributed by atoms with Gasteiger partial charge in [0.2, 0.25) is 0 Å². The third-order valence-corrected chi connectivity index (χ3v) is 4.80. The number of nitrogens with two attached hydrogens (primary N) is 1. The number of hydrogen-bond acceptors (Lipinski definition) is 4. The van der Waals surface area contributed by atoms with E-state index in [1.54, 1.807) is 19.9 Å². The van der Waals surface area contributed by atoms with Crippen LogP contribution in [0.2, 0.25) is 0 Å². The average Bonchev–Trinajstić information content (AvgIpc) is 2.69. The molecule has 2 aromatic rings. The zero-order valence-electron chi connectivity index (χ0n) is 12.0. The zero-order chi connectivity index (χ0) is 15.8. The average molecular weight is 312 g/mol. The van der Waals surface area contributed by atoms with E-state index in [1.807, 2.05) is 0 Å². The van der Waals surface area contributed by atoms with Gasteiger partial charge in [-0.1, -0.05) is 12.1 Å². The maximum Gasteiger partial charge on any atom is 0.265 e. The van der Waals surface area contributed by atoms with E-state index in [-0.39, 0.29) is 22.9 Å². The van der Waals surface area contributed by atoms with Gasteiger partial charge in [-0.3, -0.25) is 4.72 Å². The molecule has 114 valence electrons. The highest BCUT2D eigenvalue weighted by Crippen LogP contribution is 2.29. The maximum atomic E-state index is 13.8. The van der Waals surface area contributed by atoms with E-state index in [0.717, 1.165) is 0 Å². The lowest BCUT2D eigenvalue weighted by molar-refractivity contribution is 0.494. The molecule has 0 aliphatic carbocycles. The van der Waals surface area contributed by atoms with Crippen LogP contribution < -0.4 is 10.5 Å². The number of anilines is 1. The summed E-state index contributed by atoms with van der Waals surface area (Å²) in [6.07, 6.45) is 0. The van der Waals surface area contributed by atoms with Gasteiger partial charge in [-0.05, 0) is 32.4 Å². The van der Waals surface area contributed by atoms with Gasteiger partial charge in [0.05, 0.1) is 5.69 Å². The van der Waals surface area contributed by atoms with E-state index in [2.05, 4.69) is 4.72 Å². The first-order chi connectivity index (χ1) is 9.77. The lowest BCUT2D eigenvalue weighted by Gasteiger charge is -2.12. The molecule has 3 N–H and O–H groups in total. The normalized spacial score (nSPS) is 11.7. The summed E-state index contributed by atoms with van der Waals surface area (Å²) >= 11 is 0.